The third kappa shape index (κ3) is 1.71. The molecule has 0 aliphatic carbocycles. The number of hydrogen-bond acceptors (Lipinski definition) is 3. The Balaban J connectivity index is 2.39. The van der Waals surface area contributed by atoms with Gasteiger partial charge in [-0.15, -0.1) is 0 Å². The molecule has 0 radical (unpaired) electrons. The van der Waals surface area contributed by atoms with E-state index >= 15 is 0 Å². The van der Waals surface area contributed by atoms with Gasteiger partial charge in [0.05, 0.1) is 12.0 Å². The van der Waals surface area contributed by atoms with E-state index in [0.717, 1.165) is 27.6 Å². The summed E-state index contributed by atoms with van der Waals surface area (Å²) < 4.78 is 0.634. The summed E-state index contributed by atoms with van der Waals surface area (Å²) in [5.74, 6) is 0. The standard InChI is InChI=1S/C14H11N3S/c1-9-13(16-8-17-14(9)18)12-4-2-3-10-7-15-6-5-11(10)12/h2-8H,1H3,(H,16,17,18). The molecular weight excluding hydrogens is 242 g/mol. The maximum absolute atomic E-state index is 5.22. The van der Waals surface area contributed by atoms with Crippen molar-refractivity contribution in [2.75, 3.05) is 0 Å². The lowest BCUT2D eigenvalue weighted by atomic mass is 10.0. The predicted molar refractivity (Wildman–Crippen MR) is 74.9 cm³/mol. The Kier molecular flexibility index (Phi) is 2.64. The molecule has 88 valence electrons. The Morgan fingerprint density at radius 2 is 2.11 bits per heavy atom. The number of aromatic nitrogens is 3. The van der Waals surface area contributed by atoms with E-state index < -0.39 is 0 Å². The smallest absolute Gasteiger partial charge is 0.132 e. The number of fused-ring (bicyclic) bond motifs is 1. The third-order valence-electron chi connectivity index (χ3n) is 3.04. The summed E-state index contributed by atoms with van der Waals surface area (Å²) >= 11 is 5.22. The fourth-order valence-electron chi connectivity index (χ4n) is 2.09. The van der Waals surface area contributed by atoms with E-state index in [-0.39, 0.29) is 0 Å². The third-order valence-corrected chi connectivity index (χ3v) is 3.45. The van der Waals surface area contributed by atoms with E-state index in [1.54, 1.807) is 12.5 Å². The van der Waals surface area contributed by atoms with Crippen molar-refractivity contribution in [2.24, 2.45) is 0 Å². The molecule has 0 fully saturated rings. The van der Waals surface area contributed by atoms with Crippen LogP contribution < -0.4 is 0 Å². The molecule has 0 atom stereocenters. The van der Waals surface area contributed by atoms with Crippen molar-refractivity contribution in [1.82, 2.24) is 15.0 Å². The van der Waals surface area contributed by atoms with Crippen LogP contribution in [0, 0.1) is 11.6 Å². The number of H-pyrrole nitrogens is 1. The minimum Gasteiger partial charge on any atom is -0.346 e. The molecule has 0 unspecified atom stereocenters. The van der Waals surface area contributed by atoms with Gasteiger partial charge >= 0.3 is 0 Å². The summed E-state index contributed by atoms with van der Waals surface area (Å²) in [6.07, 6.45) is 5.31. The van der Waals surface area contributed by atoms with Gasteiger partial charge in [0.2, 0.25) is 0 Å². The Hall–Kier alpha value is -2.07. The Bertz CT molecular complexity index is 772. The second kappa shape index (κ2) is 4.31. The lowest BCUT2D eigenvalue weighted by Crippen LogP contribution is -1.92. The monoisotopic (exact) mass is 253 g/mol. The van der Waals surface area contributed by atoms with Crippen LogP contribution in [0.25, 0.3) is 22.0 Å². The molecular formula is C14H11N3S. The van der Waals surface area contributed by atoms with Gasteiger partial charge in [0, 0.05) is 28.9 Å². The summed E-state index contributed by atoms with van der Waals surface area (Å²) in [5.41, 5.74) is 3.14. The van der Waals surface area contributed by atoms with Gasteiger partial charge in [0.1, 0.15) is 4.64 Å². The maximum Gasteiger partial charge on any atom is 0.132 e. The van der Waals surface area contributed by atoms with E-state index in [2.05, 4.69) is 27.1 Å². The molecule has 0 aliphatic rings. The van der Waals surface area contributed by atoms with Crippen molar-refractivity contribution in [3.05, 3.63) is 53.2 Å². The molecule has 18 heavy (non-hydrogen) atoms. The molecule has 3 rings (SSSR count). The maximum atomic E-state index is 5.22. The molecule has 0 saturated carbocycles. The summed E-state index contributed by atoms with van der Waals surface area (Å²) in [6, 6.07) is 8.17. The topological polar surface area (TPSA) is 41.6 Å². The summed E-state index contributed by atoms with van der Waals surface area (Å²) in [6.45, 7) is 1.99. The van der Waals surface area contributed by atoms with Gasteiger partial charge in [0.15, 0.2) is 0 Å². The van der Waals surface area contributed by atoms with E-state index in [4.69, 9.17) is 12.2 Å². The van der Waals surface area contributed by atoms with Crippen LogP contribution in [0.5, 0.6) is 0 Å². The number of nitrogens with zero attached hydrogens (tertiary/aromatic N) is 2. The first-order valence-electron chi connectivity index (χ1n) is 5.65. The number of aromatic amines is 1. The fraction of sp³-hybridized carbons (Fsp3) is 0.0714. The molecule has 1 N–H and O–H groups in total. The highest BCUT2D eigenvalue weighted by Gasteiger charge is 2.07. The molecule has 0 spiro atoms. The zero-order chi connectivity index (χ0) is 12.5. The van der Waals surface area contributed by atoms with Crippen LogP contribution in [0.2, 0.25) is 0 Å². The lowest BCUT2D eigenvalue weighted by Gasteiger charge is -2.08. The lowest BCUT2D eigenvalue weighted by molar-refractivity contribution is 1.12. The number of rotatable bonds is 1. The van der Waals surface area contributed by atoms with Crippen molar-refractivity contribution >= 4 is 23.0 Å². The first-order valence-corrected chi connectivity index (χ1v) is 6.05. The van der Waals surface area contributed by atoms with Gasteiger partial charge < -0.3 is 4.98 Å². The Labute approximate surface area is 110 Å². The van der Waals surface area contributed by atoms with Crippen LogP contribution in [0.1, 0.15) is 5.56 Å². The number of nitrogens with one attached hydrogen (secondary N) is 1. The molecule has 0 aliphatic heterocycles. The minimum absolute atomic E-state index is 0.634. The van der Waals surface area contributed by atoms with Crippen LogP contribution in [-0.4, -0.2) is 15.0 Å². The molecule has 0 bridgehead atoms. The van der Waals surface area contributed by atoms with Crippen molar-refractivity contribution in [1.29, 1.82) is 0 Å². The molecule has 0 saturated heterocycles. The second-order valence-corrected chi connectivity index (χ2v) is 4.50. The number of pyridine rings is 1. The molecule has 0 amide bonds. The van der Waals surface area contributed by atoms with Gasteiger partial charge in [-0.05, 0) is 18.4 Å². The highest BCUT2D eigenvalue weighted by molar-refractivity contribution is 7.71. The number of hydrogen-bond donors (Lipinski definition) is 1. The molecule has 4 heteroatoms. The van der Waals surface area contributed by atoms with Crippen LogP contribution in [0.3, 0.4) is 0 Å². The van der Waals surface area contributed by atoms with Crippen molar-refractivity contribution in [3.8, 4) is 11.3 Å². The fourth-order valence-corrected chi connectivity index (χ4v) is 2.24. The molecule has 2 aromatic heterocycles. The Morgan fingerprint density at radius 1 is 1.22 bits per heavy atom. The zero-order valence-electron chi connectivity index (χ0n) is 9.84. The quantitative estimate of drug-likeness (QED) is 0.673. The summed E-state index contributed by atoms with van der Waals surface area (Å²) in [4.78, 5) is 11.4. The zero-order valence-corrected chi connectivity index (χ0v) is 10.7. The highest BCUT2D eigenvalue weighted by atomic mass is 32.1. The van der Waals surface area contributed by atoms with Crippen LogP contribution in [0.4, 0.5) is 0 Å². The number of benzene rings is 1. The molecule has 2 heterocycles. The van der Waals surface area contributed by atoms with E-state index in [1.165, 1.54) is 0 Å². The molecule has 1 aromatic carbocycles. The highest BCUT2D eigenvalue weighted by Crippen LogP contribution is 2.28. The van der Waals surface area contributed by atoms with Gasteiger partial charge in [-0.2, -0.15) is 0 Å². The first kappa shape index (κ1) is 11.0. The second-order valence-electron chi connectivity index (χ2n) is 4.11. The van der Waals surface area contributed by atoms with Gasteiger partial charge in [-0.1, -0.05) is 30.4 Å². The van der Waals surface area contributed by atoms with Crippen molar-refractivity contribution in [3.63, 3.8) is 0 Å². The van der Waals surface area contributed by atoms with Crippen LogP contribution >= 0.6 is 12.2 Å². The van der Waals surface area contributed by atoms with E-state index in [0.29, 0.717) is 4.64 Å². The molecule has 3 nitrogen and oxygen atoms in total. The average Bonchev–Trinajstić information content (AvgIpc) is 2.41. The van der Waals surface area contributed by atoms with E-state index in [9.17, 15) is 0 Å². The van der Waals surface area contributed by atoms with Gasteiger partial charge in [-0.25, -0.2) is 4.98 Å². The predicted octanol–water partition coefficient (Wildman–Crippen LogP) is 3.66. The van der Waals surface area contributed by atoms with Crippen molar-refractivity contribution < 1.29 is 0 Å². The largest absolute Gasteiger partial charge is 0.346 e. The summed E-state index contributed by atoms with van der Waals surface area (Å²) in [5, 5.41) is 2.28. The average molecular weight is 253 g/mol. The van der Waals surface area contributed by atoms with E-state index in [1.807, 2.05) is 25.3 Å². The molecule has 3 aromatic rings. The minimum atomic E-state index is 0.634. The Morgan fingerprint density at radius 3 is 3.00 bits per heavy atom. The summed E-state index contributed by atoms with van der Waals surface area (Å²) in [7, 11) is 0. The van der Waals surface area contributed by atoms with Gasteiger partial charge in [-0.3, -0.25) is 4.98 Å². The SMILES string of the molecule is Cc1c(-c2cccc3cnccc23)[nH]cnc1=S. The first-order chi connectivity index (χ1) is 8.77. The van der Waals surface area contributed by atoms with Crippen LogP contribution in [0.15, 0.2) is 43.0 Å². The normalized spacial score (nSPS) is 10.7. The van der Waals surface area contributed by atoms with Gasteiger partial charge in [0.25, 0.3) is 0 Å². The van der Waals surface area contributed by atoms with Crippen LogP contribution in [-0.2, 0) is 0 Å². The van der Waals surface area contributed by atoms with Crippen molar-refractivity contribution in [2.45, 2.75) is 6.92 Å².